The molecule has 1 atom stereocenters. The van der Waals surface area contributed by atoms with Crippen LogP contribution in [0.2, 0.25) is 0 Å². The minimum atomic E-state index is -0.568. The average Bonchev–Trinajstić information content (AvgIpc) is 2.22. The Kier molecular flexibility index (Phi) is 7.90. The predicted molar refractivity (Wildman–Crippen MR) is 59.9 cm³/mol. The zero-order chi connectivity index (χ0) is 11.7. The Labute approximate surface area is 92.1 Å². The van der Waals surface area contributed by atoms with Crippen LogP contribution < -0.4 is 5.73 Å². The molecule has 0 saturated heterocycles. The van der Waals surface area contributed by atoms with Crippen molar-refractivity contribution in [2.75, 3.05) is 53.7 Å². The number of hydrogen-bond donors (Lipinski definition) is 2. The number of nitrogens with two attached hydrogens (primary N) is 1. The number of methoxy groups -OCH3 is 2. The first kappa shape index (κ1) is 14.8. The summed E-state index contributed by atoms with van der Waals surface area (Å²) in [5.41, 5.74) is 5.32. The lowest BCUT2D eigenvalue weighted by Crippen LogP contribution is -2.51. The van der Waals surface area contributed by atoms with Gasteiger partial charge in [-0.05, 0) is 6.92 Å². The van der Waals surface area contributed by atoms with Crippen LogP contribution >= 0.6 is 0 Å². The van der Waals surface area contributed by atoms with E-state index in [1.807, 2.05) is 6.92 Å². The van der Waals surface area contributed by atoms with Crippen LogP contribution in [-0.4, -0.2) is 69.2 Å². The van der Waals surface area contributed by atoms with Gasteiger partial charge in [-0.25, -0.2) is 0 Å². The van der Waals surface area contributed by atoms with E-state index in [4.69, 9.17) is 20.3 Å². The first-order valence-corrected chi connectivity index (χ1v) is 5.15. The zero-order valence-electron chi connectivity index (χ0n) is 10.0. The molecule has 0 bridgehead atoms. The quantitative estimate of drug-likeness (QED) is 0.537. The lowest BCUT2D eigenvalue weighted by molar-refractivity contribution is 0.0867. The van der Waals surface area contributed by atoms with E-state index in [0.29, 0.717) is 19.8 Å². The van der Waals surface area contributed by atoms with Crippen molar-refractivity contribution in [2.45, 2.75) is 12.5 Å². The van der Waals surface area contributed by atoms with E-state index in [-0.39, 0.29) is 6.61 Å². The van der Waals surface area contributed by atoms with Crippen molar-refractivity contribution in [3.63, 3.8) is 0 Å². The van der Waals surface area contributed by atoms with Gasteiger partial charge in [0.1, 0.15) is 0 Å². The molecule has 0 rings (SSSR count). The summed E-state index contributed by atoms with van der Waals surface area (Å²) in [5.74, 6) is 0. The van der Waals surface area contributed by atoms with E-state index < -0.39 is 5.54 Å². The summed E-state index contributed by atoms with van der Waals surface area (Å²) < 4.78 is 10.0. The van der Waals surface area contributed by atoms with E-state index in [1.54, 1.807) is 14.2 Å². The summed E-state index contributed by atoms with van der Waals surface area (Å²) >= 11 is 0. The van der Waals surface area contributed by atoms with Gasteiger partial charge in [-0.1, -0.05) is 0 Å². The highest BCUT2D eigenvalue weighted by Gasteiger charge is 2.20. The van der Waals surface area contributed by atoms with Crippen LogP contribution in [0.25, 0.3) is 0 Å². The van der Waals surface area contributed by atoms with Crippen LogP contribution in [0.15, 0.2) is 0 Å². The lowest BCUT2D eigenvalue weighted by atomic mass is 10.1. The van der Waals surface area contributed by atoms with Gasteiger partial charge < -0.3 is 20.3 Å². The van der Waals surface area contributed by atoms with Gasteiger partial charge in [0.2, 0.25) is 0 Å². The monoisotopic (exact) mass is 220 g/mol. The molecular weight excluding hydrogens is 196 g/mol. The topological polar surface area (TPSA) is 68.0 Å². The van der Waals surface area contributed by atoms with Gasteiger partial charge in [0.25, 0.3) is 0 Å². The van der Waals surface area contributed by atoms with Gasteiger partial charge in [-0.2, -0.15) is 0 Å². The van der Waals surface area contributed by atoms with Crippen molar-refractivity contribution in [1.82, 2.24) is 4.90 Å². The molecule has 0 spiro atoms. The standard InChI is InChI=1S/C10H24N2O3/c1-10(11,9-13)8-12(4-6-14-2)5-7-15-3/h13H,4-9,11H2,1-3H3. The normalized spacial score (nSPS) is 15.6. The second-order valence-corrected chi connectivity index (χ2v) is 4.07. The maximum Gasteiger partial charge on any atom is 0.0621 e. The molecule has 0 amide bonds. The number of rotatable bonds is 9. The summed E-state index contributed by atoms with van der Waals surface area (Å²) in [4.78, 5) is 2.13. The Balaban J connectivity index is 3.98. The molecular formula is C10H24N2O3. The SMILES string of the molecule is COCCN(CCOC)CC(C)(N)CO. The number of ether oxygens (including phenoxy) is 2. The van der Waals surface area contributed by atoms with Crippen LogP contribution in [0.1, 0.15) is 6.92 Å². The van der Waals surface area contributed by atoms with Gasteiger partial charge in [0.05, 0.1) is 19.8 Å². The molecule has 5 heteroatoms. The van der Waals surface area contributed by atoms with Crippen molar-refractivity contribution < 1.29 is 14.6 Å². The Hall–Kier alpha value is -0.200. The van der Waals surface area contributed by atoms with Crippen LogP contribution in [0.3, 0.4) is 0 Å². The number of aliphatic hydroxyl groups is 1. The molecule has 0 fully saturated rings. The molecule has 3 N–H and O–H groups in total. The van der Waals surface area contributed by atoms with Crippen molar-refractivity contribution in [3.05, 3.63) is 0 Å². The highest BCUT2D eigenvalue weighted by molar-refractivity contribution is 4.81. The van der Waals surface area contributed by atoms with E-state index in [1.165, 1.54) is 0 Å². The van der Waals surface area contributed by atoms with Gasteiger partial charge in [-0.3, -0.25) is 4.90 Å². The lowest BCUT2D eigenvalue weighted by Gasteiger charge is -2.30. The maximum atomic E-state index is 9.08. The summed E-state index contributed by atoms with van der Waals surface area (Å²) in [6.45, 7) is 5.36. The number of aliphatic hydroxyl groups excluding tert-OH is 1. The molecule has 0 aromatic heterocycles. The Morgan fingerprint density at radius 2 is 1.67 bits per heavy atom. The second-order valence-electron chi connectivity index (χ2n) is 4.07. The highest BCUT2D eigenvalue weighted by Crippen LogP contribution is 2.02. The first-order chi connectivity index (χ1) is 7.05. The highest BCUT2D eigenvalue weighted by atomic mass is 16.5. The fourth-order valence-electron chi connectivity index (χ4n) is 1.27. The van der Waals surface area contributed by atoms with E-state index in [0.717, 1.165) is 13.1 Å². The fourth-order valence-corrected chi connectivity index (χ4v) is 1.27. The Morgan fingerprint density at radius 1 is 1.20 bits per heavy atom. The summed E-state index contributed by atoms with van der Waals surface area (Å²) in [7, 11) is 3.34. The third-order valence-electron chi connectivity index (χ3n) is 2.17. The molecule has 0 aromatic rings. The van der Waals surface area contributed by atoms with E-state index in [9.17, 15) is 0 Å². The molecule has 0 aliphatic heterocycles. The predicted octanol–water partition coefficient (Wildman–Crippen LogP) is -0.709. The van der Waals surface area contributed by atoms with Gasteiger partial charge in [-0.15, -0.1) is 0 Å². The molecule has 92 valence electrons. The van der Waals surface area contributed by atoms with Crippen molar-refractivity contribution >= 4 is 0 Å². The van der Waals surface area contributed by atoms with E-state index in [2.05, 4.69) is 4.90 Å². The minimum absolute atomic E-state index is 0.0243. The maximum absolute atomic E-state index is 9.08. The fraction of sp³-hybridized carbons (Fsp3) is 1.00. The Morgan fingerprint density at radius 3 is 2.00 bits per heavy atom. The third kappa shape index (κ3) is 7.70. The molecule has 0 heterocycles. The first-order valence-electron chi connectivity index (χ1n) is 5.15. The number of hydrogen-bond acceptors (Lipinski definition) is 5. The summed E-state index contributed by atoms with van der Waals surface area (Å²) in [5, 5.41) is 9.08. The zero-order valence-corrected chi connectivity index (χ0v) is 10.0. The molecule has 0 aliphatic carbocycles. The second kappa shape index (κ2) is 8.01. The van der Waals surface area contributed by atoms with Crippen LogP contribution in [-0.2, 0) is 9.47 Å². The van der Waals surface area contributed by atoms with Crippen molar-refractivity contribution in [3.8, 4) is 0 Å². The summed E-state index contributed by atoms with van der Waals surface area (Å²) in [6.07, 6.45) is 0. The Bertz CT molecular complexity index is 146. The smallest absolute Gasteiger partial charge is 0.0621 e. The molecule has 1 unspecified atom stereocenters. The average molecular weight is 220 g/mol. The van der Waals surface area contributed by atoms with Crippen molar-refractivity contribution in [1.29, 1.82) is 0 Å². The molecule has 0 aliphatic rings. The molecule has 0 aromatic carbocycles. The van der Waals surface area contributed by atoms with E-state index >= 15 is 0 Å². The molecule has 0 radical (unpaired) electrons. The van der Waals surface area contributed by atoms with Crippen LogP contribution in [0, 0.1) is 0 Å². The largest absolute Gasteiger partial charge is 0.394 e. The van der Waals surface area contributed by atoms with Gasteiger partial charge in [0, 0.05) is 39.4 Å². The van der Waals surface area contributed by atoms with Gasteiger partial charge >= 0.3 is 0 Å². The van der Waals surface area contributed by atoms with Crippen molar-refractivity contribution in [2.24, 2.45) is 5.73 Å². The van der Waals surface area contributed by atoms with Crippen LogP contribution in [0.4, 0.5) is 0 Å². The molecule has 0 saturated carbocycles. The van der Waals surface area contributed by atoms with Gasteiger partial charge in [0.15, 0.2) is 0 Å². The number of nitrogens with zero attached hydrogens (tertiary/aromatic N) is 1. The summed E-state index contributed by atoms with van der Waals surface area (Å²) in [6, 6.07) is 0. The third-order valence-corrected chi connectivity index (χ3v) is 2.17. The molecule has 15 heavy (non-hydrogen) atoms. The molecule has 5 nitrogen and oxygen atoms in total. The van der Waals surface area contributed by atoms with Crippen LogP contribution in [0.5, 0.6) is 0 Å². The minimum Gasteiger partial charge on any atom is -0.394 e.